The van der Waals surface area contributed by atoms with Gasteiger partial charge in [0, 0.05) is 0 Å². The Morgan fingerprint density at radius 3 is 2.26 bits per heavy atom. The number of carbonyl (C=O) groups is 2. The lowest BCUT2D eigenvalue weighted by Gasteiger charge is -1.99. The summed E-state index contributed by atoms with van der Waals surface area (Å²) in [6, 6.07) is 13.1. The molecule has 0 radical (unpaired) electrons. The van der Waals surface area contributed by atoms with Crippen LogP contribution in [0.25, 0.3) is 11.4 Å². The highest BCUT2D eigenvalue weighted by molar-refractivity contribution is 5.88. The molecule has 0 aliphatic rings. The Morgan fingerprint density at radius 1 is 0.913 bits per heavy atom. The molecule has 0 amide bonds. The molecule has 3 aromatic rings. The predicted molar refractivity (Wildman–Crippen MR) is 81.2 cm³/mol. The molecular weight excluding hydrogens is 296 g/mol. The minimum atomic E-state index is -0.985. The lowest BCUT2D eigenvalue weighted by molar-refractivity contribution is -0.594. The van der Waals surface area contributed by atoms with Gasteiger partial charge in [-0.1, -0.05) is 12.1 Å². The first-order valence-corrected chi connectivity index (χ1v) is 6.81. The van der Waals surface area contributed by atoms with Gasteiger partial charge in [0.15, 0.2) is 0 Å². The van der Waals surface area contributed by atoms with Gasteiger partial charge in [-0.05, 0) is 36.4 Å². The zero-order valence-electron chi connectivity index (χ0n) is 12.0. The van der Waals surface area contributed by atoms with Crippen molar-refractivity contribution in [3.8, 4) is 11.4 Å². The summed E-state index contributed by atoms with van der Waals surface area (Å²) in [6.07, 6.45) is 5.30. The Hall–Kier alpha value is -3.41. The van der Waals surface area contributed by atoms with Crippen molar-refractivity contribution in [1.29, 1.82) is 0 Å². The third-order valence-corrected chi connectivity index (χ3v) is 3.42. The highest BCUT2D eigenvalue weighted by Gasteiger charge is 2.12. The summed E-state index contributed by atoms with van der Waals surface area (Å²) in [5.74, 6) is -1.97. The van der Waals surface area contributed by atoms with Gasteiger partial charge in [0.25, 0.3) is 6.33 Å². The van der Waals surface area contributed by atoms with Crippen LogP contribution in [-0.4, -0.2) is 26.7 Å². The maximum absolute atomic E-state index is 11.0. The number of hydrogen-bond donors (Lipinski definition) is 2. The molecule has 23 heavy (non-hydrogen) atoms. The normalized spacial score (nSPS) is 10.4. The van der Waals surface area contributed by atoms with Crippen LogP contribution >= 0.6 is 0 Å². The molecule has 2 N–H and O–H groups in total. The van der Waals surface area contributed by atoms with E-state index in [4.69, 9.17) is 10.2 Å². The van der Waals surface area contributed by atoms with Gasteiger partial charge >= 0.3 is 11.9 Å². The number of aromatic carboxylic acids is 2. The maximum atomic E-state index is 11.0. The number of imidazole rings is 1. The van der Waals surface area contributed by atoms with Gasteiger partial charge in [-0.15, -0.1) is 0 Å². The highest BCUT2D eigenvalue weighted by atomic mass is 16.4. The van der Waals surface area contributed by atoms with Crippen LogP contribution in [0.5, 0.6) is 0 Å². The molecule has 1 heterocycles. The maximum Gasteiger partial charge on any atom is 0.335 e. The first-order valence-electron chi connectivity index (χ1n) is 6.81. The quantitative estimate of drug-likeness (QED) is 0.723. The van der Waals surface area contributed by atoms with Crippen LogP contribution in [0.3, 0.4) is 0 Å². The summed E-state index contributed by atoms with van der Waals surface area (Å²) in [6.45, 7) is 0. The van der Waals surface area contributed by atoms with Crippen LogP contribution < -0.4 is 4.57 Å². The van der Waals surface area contributed by atoms with Crippen molar-refractivity contribution in [3.05, 3.63) is 78.4 Å². The Morgan fingerprint density at radius 2 is 1.57 bits per heavy atom. The molecule has 0 saturated carbocycles. The van der Waals surface area contributed by atoms with E-state index in [9.17, 15) is 9.59 Å². The van der Waals surface area contributed by atoms with Crippen LogP contribution in [0.4, 0.5) is 0 Å². The molecule has 1 aromatic heterocycles. The van der Waals surface area contributed by atoms with E-state index in [0.717, 1.165) is 0 Å². The fourth-order valence-corrected chi connectivity index (χ4v) is 2.26. The number of carboxylic acids is 2. The molecular formula is C17H13N2O4+. The Balaban J connectivity index is 1.97. The van der Waals surface area contributed by atoms with Crippen LogP contribution in [0.2, 0.25) is 0 Å². The van der Waals surface area contributed by atoms with Gasteiger partial charge in [-0.3, -0.25) is 0 Å². The second-order valence-corrected chi connectivity index (χ2v) is 4.94. The molecule has 6 nitrogen and oxygen atoms in total. The van der Waals surface area contributed by atoms with Crippen LogP contribution in [0.15, 0.2) is 67.3 Å². The SMILES string of the molecule is O=C(O)c1cccc(-n2cc[n+](-c3cccc(C(=O)O)c3)c2)c1. The summed E-state index contributed by atoms with van der Waals surface area (Å²) >= 11 is 0. The molecule has 0 aliphatic carbocycles. The molecule has 0 aliphatic heterocycles. The Bertz CT molecular complexity index is 827. The van der Waals surface area contributed by atoms with E-state index in [2.05, 4.69) is 0 Å². The number of nitrogens with zero attached hydrogens (tertiary/aromatic N) is 2. The van der Waals surface area contributed by atoms with Crippen molar-refractivity contribution in [1.82, 2.24) is 4.57 Å². The first kappa shape index (κ1) is 14.5. The van der Waals surface area contributed by atoms with Crippen molar-refractivity contribution >= 4 is 11.9 Å². The lowest BCUT2D eigenvalue weighted by Crippen LogP contribution is -2.27. The average Bonchev–Trinajstić information content (AvgIpc) is 3.05. The largest absolute Gasteiger partial charge is 0.478 e. The molecule has 3 rings (SSSR count). The van der Waals surface area contributed by atoms with E-state index in [1.54, 1.807) is 64.3 Å². The highest BCUT2D eigenvalue weighted by Crippen LogP contribution is 2.11. The van der Waals surface area contributed by atoms with Crippen molar-refractivity contribution in [2.24, 2.45) is 0 Å². The van der Waals surface area contributed by atoms with E-state index in [1.807, 2.05) is 0 Å². The van der Waals surface area contributed by atoms with Gasteiger partial charge in [-0.25, -0.2) is 18.7 Å². The average molecular weight is 309 g/mol. The predicted octanol–water partition coefficient (Wildman–Crippen LogP) is 2.15. The number of carboxylic acid groups (broad SMARTS) is 2. The molecule has 0 saturated heterocycles. The molecule has 0 bridgehead atoms. The molecule has 0 spiro atoms. The van der Waals surface area contributed by atoms with Crippen molar-refractivity contribution in [2.75, 3.05) is 0 Å². The number of aromatic nitrogens is 2. The molecule has 114 valence electrons. The number of hydrogen-bond acceptors (Lipinski definition) is 2. The van der Waals surface area contributed by atoms with Crippen molar-refractivity contribution < 1.29 is 24.4 Å². The number of benzene rings is 2. The zero-order valence-corrected chi connectivity index (χ0v) is 12.0. The van der Waals surface area contributed by atoms with E-state index in [1.165, 1.54) is 12.1 Å². The fourth-order valence-electron chi connectivity index (χ4n) is 2.26. The molecule has 0 unspecified atom stereocenters. The van der Waals surface area contributed by atoms with Crippen LogP contribution in [0, 0.1) is 0 Å². The summed E-state index contributed by atoms with van der Waals surface area (Å²) < 4.78 is 3.53. The van der Waals surface area contributed by atoms with Gasteiger partial charge < -0.3 is 10.2 Å². The Kier molecular flexibility index (Phi) is 3.64. The Labute approximate surface area is 131 Å². The van der Waals surface area contributed by atoms with E-state index in [-0.39, 0.29) is 11.1 Å². The van der Waals surface area contributed by atoms with E-state index >= 15 is 0 Å². The standard InChI is InChI=1S/C17H12N2O4/c20-16(21)12-3-1-5-14(9-12)18-7-8-19(11-18)15-6-2-4-13(10-15)17(22)23/h1-11H,(H-,20,21,22,23)/p+1. The number of rotatable bonds is 4. The van der Waals surface area contributed by atoms with Crippen LogP contribution in [0.1, 0.15) is 20.7 Å². The van der Waals surface area contributed by atoms with Crippen molar-refractivity contribution in [2.45, 2.75) is 0 Å². The molecule has 0 fully saturated rings. The minimum Gasteiger partial charge on any atom is -0.478 e. The molecule has 6 heteroatoms. The first-order chi connectivity index (χ1) is 11.0. The van der Waals surface area contributed by atoms with Gasteiger partial charge in [0.05, 0.1) is 11.1 Å². The summed E-state index contributed by atoms with van der Waals surface area (Å²) in [5.41, 5.74) is 1.82. The smallest absolute Gasteiger partial charge is 0.335 e. The summed E-state index contributed by atoms with van der Waals surface area (Å²) in [7, 11) is 0. The van der Waals surface area contributed by atoms with Crippen molar-refractivity contribution in [3.63, 3.8) is 0 Å². The van der Waals surface area contributed by atoms with E-state index in [0.29, 0.717) is 11.4 Å². The van der Waals surface area contributed by atoms with Gasteiger partial charge in [0.2, 0.25) is 0 Å². The second-order valence-electron chi connectivity index (χ2n) is 4.94. The fraction of sp³-hybridized carbons (Fsp3) is 0. The second kappa shape index (κ2) is 5.76. The van der Waals surface area contributed by atoms with E-state index < -0.39 is 11.9 Å². The molecule has 2 aromatic carbocycles. The van der Waals surface area contributed by atoms with Gasteiger partial charge in [0.1, 0.15) is 23.8 Å². The summed E-state index contributed by atoms with van der Waals surface area (Å²) in [5, 5.41) is 18.1. The minimum absolute atomic E-state index is 0.204. The van der Waals surface area contributed by atoms with Crippen LogP contribution in [-0.2, 0) is 0 Å². The summed E-state index contributed by atoms with van der Waals surface area (Å²) in [4.78, 5) is 22.1. The topological polar surface area (TPSA) is 83.4 Å². The monoisotopic (exact) mass is 309 g/mol. The zero-order chi connectivity index (χ0) is 16.4. The third-order valence-electron chi connectivity index (χ3n) is 3.42. The lowest BCUT2D eigenvalue weighted by atomic mass is 10.2. The molecule has 0 atom stereocenters. The van der Waals surface area contributed by atoms with Gasteiger partial charge in [-0.2, -0.15) is 0 Å². The third kappa shape index (κ3) is 2.96.